The molecule has 13 heteroatoms. The highest BCUT2D eigenvalue weighted by molar-refractivity contribution is 7.87. The Morgan fingerprint density at radius 1 is 0.903 bits per heavy atom. The first-order chi connectivity index (χ1) is 14.2. The maximum absolute atomic E-state index is 12.0. The Kier molecular flexibility index (Phi) is 13.5. The van der Waals surface area contributed by atoms with Gasteiger partial charge in [-0.3, -0.25) is 0 Å². The lowest BCUT2D eigenvalue weighted by Gasteiger charge is -2.08. The van der Waals surface area contributed by atoms with Crippen molar-refractivity contribution >= 4 is 20.3 Å². The highest BCUT2D eigenvalue weighted by atomic mass is 32.2. The lowest BCUT2D eigenvalue weighted by molar-refractivity contribution is -0.696. The Labute approximate surface area is 184 Å². The maximum Gasteiger partial charge on any atom is 0.485 e. The Balaban J connectivity index is 0.000000954. The molecule has 1 aromatic rings. The summed E-state index contributed by atoms with van der Waals surface area (Å²) in [6.45, 7) is 3.13. The summed E-state index contributed by atoms with van der Waals surface area (Å²) < 4.78 is 87.3. The summed E-state index contributed by atoms with van der Waals surface area (Å²) in [7, 11) is -6.38. The van der Waals surface area contributed by atoms with Gasteiger partial charge in [0.2, 0.25) is 0 Å². The van der Waals surface area contributed by atoms with Crippen LogP contribution >= 0.6 is 0 Å². The first-order valence-electron chi connectivity index (χ1n) is 10.3. The Morgan fingerprint density at radius 3 is 1.71 bits per heavy atom. The molecule has 0 saturated heterocycles. The normalized spacial score (nSPS) is 12.6. The van der Waals surface area contributed by atoms with Crippen molar-refractivity contribution in [3.8, 4) is 0 Å². The average molecular weight is 494 g/mol. The van der Waals surface area contributed by atoms with Gasteiger partial charge in [-0.05, 0) is 12.8 Å². The van der Waals surface area contributed by atoms with Crippen molar-refractivity contribution in [3.05, 3.63) is 18.7 Å². The van der Waals surface area contributed by atoms with Crippen molar-refractivity contribution in [3.63, 3.8) is 0 Å². The van der Waals surface area contributed by atoms with E-state index in [2.05, 4.69) is 6.92 Å². The molecule has 184 valence electrons. The standard InChI is InChI=1S/C17H34N3O2S.CHF3O3S/c1-4-5-6-7-8-9-10-11-12-13-14-19-15-16-20(17-19)23(21,22)18(2)3;2-1(3,4)8(5,6)7/h15-17H,4-14H2,1-3H3;(H,5,6,7)/q+1;/p-1. The summed E-state index contributed by atoms with van der Waals surface area (Å²) in [6, 6.07) is 0. The van der Waals surface area contributed by atoms with Gasteiger partial charge in [0.1, 0.15) is 12.4 Å². The van der Waals surface area contributed by atoms with Gasteiger partial charge in [0.05, 0.1) is 6.54 Å². The summed E-state index contributed by atoms with van der Waals surface area (Å²) in [5.41, 5.74) is -5.65. The van der Waals surface area contributed by atoms with Gasteiger partial charge in [-0.2, -0.15) is 25.9 Å². The van der Waals surface area contributed by atoms with E-state index in [4.69, 9.17) is 13.0 Å². The minimum Gasteiger partial charge on any atom is -0.741 e. The van der Waals surface area contributed by atoms with Crippen molar-refractivity contribution in [1.82, 2.24) is 8.28 Å². The van der Waals surface area contributed by atoms with Crippen LogP contribution in [0.3, 0.4) is 0 Å². The second kappa shape index (κ2) is 14.1. The molecule has 0 bridgehead atoms. The van der Waals surface area contributed by atoms with E-state index in [1.807, 2.05) is 10.8 Å². The second-order valence-electron chi connectivity index (χ2n) is 7.35. The van der Waals surface area contributed by atoms with Crippen LogP contribution in [0.25, 0.3) is 0 Å². The van der Waals surface area contributed by atoms with Gasteiger partial charge < -0.3 is 4.55 Å². The Bertz CT molecular complexity index is 823. The number of aromatic nitrogens is 2. The van der Waals surface area contributed by atoms with Crippen molar-refractivity contribution in [1.29, 1.82) is 0 Å². The molecule has 0 saturated carbocycles. The predicted octanol–water partition coefficient (Wildman–Crippen LogP) is 3.40. The molecule has 0 radical (unpaired) electrons. The molecule has 0 spiro atoms. The van der Waals surface area contributed by atoms with Crippen molar-refractivity contribution in [2.24, 2.45) is 0 Å². The number of hydrogen-bond acceptors (Lipinski definition) is 5. The number of alkyl halides is 3. The number of hydrogen-bond donors (Lipinski definition) is 0. The van der Waals surface area contributed by atoms with Gasteiger partial charge in [0.15, 0.2) is 10.1 Å². The van der Waals surface area contributed by atoms with Crippen LogP contribution in [0.2, 0.25) is 0 Å². The summed E-state index contributed by atoms with van der Waals surface area (Å²) in [4.78, 5) is 0. The second-order valence-corrected chi connectivity index (χ2v) is 10.8. The minimum atomic E-state index is -6.09. The first-order valence-corrected chi connectivity index (χ1v) is 13.1. The number of unbranched alkanes of at least 4 members (excludes halogenated alkanes) is 9. The first kappa shape index (κ1) is 29.8. The van der Waals surface area contributed by atoms with Crippen molar-refractivity contribution in [2.45, 2.75) is 83.2 Å². The summed E-state index contributed by atoms with van der Waals surface area (Å²) >= 11 is 0. The third-order valence-electron chi connectivity index (χ3n) is 4.45. The van der Waals surface area contributed by atoms with Gasteiger partial charge in [-0.1, -0.05) is 58.3 Å². The van der Waals surface area contributed by atoms with E-state index >= 15 is 0 Å². The summed E-state index contributed by atoms with van der Waals surface area (Å²) in [6.07, 6.45) is 18.2. The molecular formula is C18H34F3N3O5S2. The summed E-state index contributed by atoms with van der Waals surface area (Å²) in [5, 5.41) is 0. The lowest BCUT2D eigenvalue weighted by Crippen LogP contribution is -2.33. The molecular weight excluding hydrogens is 459 g/mol. The predicted molar refractivity (Wildman–Crippen MR) is 110 cm³/mol. The number of aryl methyl sites for hydroxylation is 1. The lowest BCUT2D eigenvalue weighted by atomic mass is 10.1. The van der Waals surface area contributed by atoms with Crippen LogP contribution in [-0.4, -0.2) is 49.3 Å². The zero-order chi connectivity index (χ0) is 24.1. The topological polar surface area (TPSA) is 103 Å². The van der Waals surface area contributed by atoms with Crippen molar-refractivity contribution < 1.29 is 39.1 Å². The van der Waals surface area contributed by atoms with E-state index in [1.54, 1.807) is 26.6 Å². The molecule has 1 heterocycles. The van der Waals surface area contributed by atoms with Crippen LogP contribution in [0.4, 0.5) is 13.2 Å². The van der Waals surface area contributed by atoms with Gasteiger partial charge in [0.25, 0.3) is 6.33 Å². The molecule has 0 aromatic carbocycles. The van der Waals surface area contributed by atoms with E-state index in [1.165, 1.54) is 66.1 Å². The molecule has 0 aliphatic rings. The number of nitrogens with zero attached hydrogens (tertiary/aromatic N) is 3. The monoisotopic (exact) mass is 493 g/mol. The fourth-order valence-electron chi connectivity index (χ4n) is 2.61. The number of rotatable bonds is 13. The average Bonchev–Trinajstić information content (AvgIpc) is 3.12. The Hall–Kier alpha value is -1.18. The Morgan fingerprint density at radius 2 is 1.32 bits per heavy atom. The quantitative estimate of drug-likeness (QED) is 0.181. The third kappa shape index (κ3) is 12.4. The highest BCUT2D eigenvalue weighted by Crippen LogP contribution is 2.20. The zero-order valence-electron chi connectivity index (χ0n) is 18.3. The van der Waals surface area contributed by atoms with Crippen LogP contribution in [0, 0.1) is 0 Å². The molecule has 0 unspecified atom stereocenters. The van der Waals surface area contributed by atoms with Crippen LogP contribution < -0.4 is 4.57 Å². The molecule has 31 heavy (non-hydrogen) atoms. The molecule has 0 amide bonds. The SMILES string of the molecule is CCCCCCCCCCCC[n+]1ccn(S(=O)(=O)N(C)C)c1.O=S(=O)([O-])C(F)(F)F. The fourth-order valence-corrected chi connectivity index (χ4v) is 3.44. The minimum absolute atomic E-state index is 0.881. The van der Waals surface area contributed by atoms with Gasteiger partial charge in [0, 0.05) is 14.1 Å². The van der Waals surface area contributed by atoms with E-state index in [0.29, 0.717) is 0 Å². The fraction of sp³-hybridized carbons (Fsp3) is 0.833. The smallest absolute Gasteiger partial charge is 0.485 e. The van der Waals surface area contributed by atoms with Crippen LogP contribution in [0.5, 0.6) is 0 Å². The maximum atomic E-state index is 12.0. The molecule has 0 atom stereocenters. The highest BCUT2D eigenvalue weighted by Gasteiger charge is 2.36. The van der Waals surface area contributed by atoms with Crippen LogP contribution in [0.15, 0.2) is 18.7 Å². The number of halogens is 3. The van der Waals surface area contributed by atoms with E-state index in [-0.39, 0.29) is 0 Å². The molecule has 8 nitrogen and oxygen atoms in total. The molecule has 1 rings (SSSR count). The van der Waals surface area contributed by atoms with E-state index in [0.717, 1.165) is 13.0 Å². The van der Waals surface area contributed by atoms with Gasteiger partial charge in [-0.15, -0.1) is 3.97 Å². The zero-order valence-corrected chi connectivity index (χ0v) is 20.0. The van der Waals surface area contributed by atoms with Crippen LogP contribution in [-0.2, 0) is 26.9 Å². The van der Waals surface area contributed by atoms with Gasteiger partial charge in [-0.25, -0.2) is 13.0 Å². The largest absolute Gasteiger partial charge is 0.741 e. The molecule has 0 N–H and O–H groups in total. The third-order valence-corrected chi connectivity index (χ3v) is 6.69. The van der Waals surface area contributed by atoms with Crippen LogP contribution in [0.1, 0.15) is 71.1 Å². The van der Waals surface area contributed by atoms with E-state index < -0.39 is 25.8 Å². The summed E-state index contributed by atoms with van der Waals surface area (Å²) in [5.74, 6) is 0. The molecule has 0 fully saturated rings. The molecule has 0 aliphatic heterocycles. The molecule has 1 aromatic heterocycles. The van der Waals surface area contributed by atoms with E-state index in [9.17, 15) is 21.6 Å². The molecule has 0 aliphatic carbocycles. The van der Waals surface area contributed by atoms with Crippen molar-refractivity contribution in [2.75, 3.05) is 14.1 Å². The number of imidazole rings is 1. The van der Waals surface area contributed by atoms with Gasteiger partial charge >= 0.3 is 15.7 Å².